The Hall–Kier alpha value is -1.78. The van der Waals surface area contributed by atoms with E-state index in [1.807, 2.05) is 20.8 Å². The van der Waals surface area contributed by atoms with Crippen LogP contribution in [0.1, 0.15) is 19.4 Å². The summed E-state index contributed by atoms with van der Waals surface area (Å²) >= 11 is 0. The van der Waals surface area contributed by atoms with Crippen LogP contribution >= 0.6 is 0 Å². The van der Waals surface area contributed by atoms with Gasteiger partial charge < -0.3 is 15.8 Å². The fourth-order valence-corrected chi connectivity index (χ4v) is 1.40. The van der Waals surface area contributed by atoms with Crippen molar-refractivity contribution in [1.82, 2.24) is 4.98 Å². The molecule has 0 aromatic carbocycles. The van der Waals surface area contributed by atoms with Gasteiger partial charge in [0, 0.05) is 18.0 Å². The summed E-state index contributed by atoms with van der Waals surface area (Å²) in [7, 11) is 1.37. The summed E-state index contributed by atoms with van der Waals surface area (Å²) in [5.74, 6) is 0.380. The Morgan fingerprint density at radius 3 is 2.65 bits per heavy atom. The molecule has 1 atom stereocenters. The highest BCUT2D eigenvalue weighted by atomic mass is 16.5. The molecule has 0 spiro atoms. The van der Waals surface area contributed by atoms with Crippen LogP contribution in [0.3, 0.4) is 0 Å². The number of nitrogens with one attached hydrogen (secondary N) is 1. The first-order valence-corrected chi connectivity index (χ1v) is 5.52. The fourth-order valence-electron chi connectivity index (χ4n) is 1.40. The summed E-state index contributed by atoms with van der Waals surface area (Å²) in [6.45, 7) is 5.75. The van der Waals surface area contributed by atoms with Gasteiger partial charge in [-0.15, -0.1) is 0 Å². The molecule has 1 unspecified atom stereocenters. The van der Waals surface area contributed by atoms with Gasteiger partial charge >= 0.3 is 5.97 Å². The number of rotatable bonds is 4. The van der Waals surface area contributed by atoms with Crippen LogP contribution in [0.4, 0.5) is 11.5 Å². The number of hydrogen-bond acceptors (Lipinski definition) is 5. The van der Waals surface area contributed by atoms with Gasteiger partial charge in [-0.25, -0.2) is 9.78 Å². The molecule has 0 aliphatic rings. The standard InChI is InChI=1S/C12H19N3O2/c1-7(2)11(12(16)17-4)15-10-5-9(13)8(3)6-14-10/h5-7,11H,1-4H3,(H3,13,14,15). The van der Waals surface area contributed by atoms with E-state index >= 15 is 0 Å². The Balaban J connectivity index is 2.86. The molecule has 17 heavy (non-hydrogen) atoms. The van der Waals surface area contributed by atoms with E-state index in [4.69, 9.17) is 10.5 Å². The molecule has 0 saturated heterocycles. The van der Waals surface area contributed by atoms with E-state index < -0.39 is 6.04 Å². The Labute approximate surface area is 101 Å². The quantitative estimate of drug-likeness (QED) is 0.777. The second-order valence-corrected chi connectivity index (χ2v) is 4.32. The average Bonchev–Trinajstić information content (AvgIpc) is 2.29. The molecule has 5 nitrogen and oxygen atoms in total. The number of anilines is 2. The average molecular weight is 237 g/mol. The minimum Gasteiger partial charge on any atom is -0.467 e. The van der Waals surface area contributed by atoms with Crippen molar-refractivity contribution in [1.29, 1.82) is 0 Å². The number of aryl methyl sites for hydroxylation is 1. The Bertz CT molecular complexity index is 405. The van der Waals surface area contributed by atoms with Gasteiger partial charge in [0.2, 0.25) is 0 Å². The summed E-state index contributed by atoms with van der Waals surface area (Å²) in [4.78, 5) is 15.7. The predicted molar refractivity (Wildman–Crippen MR) is 67.7 cm³/mol. The second-order valence-electron chi connectivity index (χ2n) is 4.32. The van der Waals surface area contributed by atoms with Crippen LogP contribution in [0, 0.1) is 12.8 Å². The maximum atomic E-state index is 11.6. The second kappa shape index (κ2) is 5.52. The van der Waals surface area contributed by atoms with Gasteiger partial charge in [0.1, 0.15) is 11.9 Å². The van der Waals surface area contributed by atoms with Gasteiger partial charge in [-0.3, -0.25) is 0 Å². The van der Waals surface area contributed by atoms with Crippen molar-refractivity contribution in [3.05, 3.63) is 17.8 Å². The summed E-state index contributed by atoms with van der Waals surface area (Å²) in [5, 5.41) is 3.03. The van der Waals surface area contributed by atoms with Crippen LogP contribution in [-0.4, -0.2) is 24.1 Å². The van der Waals surface area contributed by atoms with E-state index in [0.717, 1.165) is 5.56 Å². The van der Waals surface area contributed by atoms with Crippen LogP contribution in [0.5, 0.6) is 0 Å². The summed E-state index contributed by atoms with van der Waals surface area (Å²) in [6.07, 6.45) is 1.67. The third kappa shape index (κ3) is 3.34. The van der Waals surface area contributed by atoms with Crippen LogP contribution in [-0.2, 0) is 9.53 Å². The highest BCUT2D eigenvalue weighted by molar-refractivity contribution is 5.79. The molecule has 0 aliphatic carbocycles. The monoisotopic (exact) mass is 237 g/mol. The minimum atomic E-state index is -0.422. The normalized spacial score (nSPS) is 12.3. The number of esters is 1. The van der Waals surface area contributed by atoms with E-state index in [-0.39, 0.29) is 11.9 Å². The highest BCUT2D eigenvalue weighted by Crippen LogP contribution is 2.16. The number of pyridine rings is 1. The van der Waals surface area contributed by atoms with Gasteiger partial charge in [0.15, 0.2) is 0 Å². The number of ether oxygens (including phenoxy) is 1. The van der Waals surface area contributed by atoms with E-state index in [2.05, 4.69) is 10.3 Å². The number of methoxy groups -OCH3 is 1. The van der Waals surface area contributed by atoms with Crippen molar-refractivity contribution in [2.24, 2.45) is 5.92 Å². The third-order valence-corrected chi connectivity index (χ3v) is 2.57. The Morgan fingerprint density at radius 2 is 2.18 bits per heavy atom. The van der Waals surface area contributed by atoms with Crippen molar-refractivity contribution in [3.63, 3.8) is 0 Å². The molecular weight excluding hydrogens is 218 g/mol. The third-order valence-electron chi connectivity index (χ3n) is 2.57. The number of hydrogen-bond donors (Lipinski definition) is 2. The zero-order valence-corrected chi connectivity index (χ0v) is 10.7. The molecule has 0 fully saturated rings. The van der Waals surface area contributed by atoms with E-state index in [1.165, 1.54) is 7.11 Å². The minimum absolute atomic E-state index is 0.103. The molecule has 3 N–H and O–H groups in total. The smallest absolute Gasteiger partial charge is 0.328 e. The van der Waals surface area contributed by atoms with E-state index in [0.29, 0.717) is 11.5 Å². The van der Waals surface area contributed by atoms with Gasteiger partial charge in [0.05, 0.1) is 7.11 Å². The first-order chi connectivity index (χ1) is 7.95. The lowest BCUT2D eigenvalue weighted by atomic mass is 10.0. The Morgan fingerprint density at radius 1 is 1.53 bits per heavy atom. The van der Waals surface area contributed by atoms with Crippen LogP contribution < -0.4 is 11.1 Å². The molecule has 0 bridgehead atoms. The zero-order valence-electron chi connectivity index (χ0n) is 10.7. The number of nitrogens with zero attached hydrogens (tertiary/aromatic N) is 1. The van der Waals surface area contributed by atoms with Crippen LogP contribution in [0.15, 0.2) is 12.3 Å². The number of nitrogen functional groups attached to an aromatic ring is 1. The van der Waals surface area contributed by atoms with Gasteiger partial charge in [-0.05, 0) is 18.4 Å². The topological polar surface area (TPSA) is 77.2 Å². The lowest BCUT2D eigenvalue weighted by Crippen LogP contribution is -2.35. The molecule has 1 aromatic rings. The molecule has 1 heterocycles. The van der Waals surface area contributed by atoms with E-state index in [1.54, 1.807) is 12.3 Å². The number of nitrogens with two attached hydrogens (primary N) is 1. The van der Waals surface area contributed by atoms with E-state index in [9.17, 15) is 4.79 Å². The zero-order chi connectivity index (χ0) is 13.0. The Kier molecular flexibility index (Phi) is 4.31. The summed E-state index contributed by atoms with van der Waals surface area (Å²) < 4.78 is 4.74. The highest BCUT2D eigenvalue weighted by Gasteiger charge is 2.23. The number of carbonyl (C=O) groups excluding carboxylic acids is 1. The van der Waals surface area contributed by atoms with Crippen molar-refractivity contribution < 1.29 is 9.53 Å². The first-order valence-electron chi connectivity index (χ1n) is 5.52. The number of aromatic nitrogens is 1. The summed E-state index contributed by atoms with van der Waals surface area (Å²) in [6, 6.07) is 1.29. The van der Waals surface area contributed by atoms with Crippen molar-refractivity contribution in [3.8, 4) is 0 Å². The lowest BCUT2D eigenvalue weighted by molar-refractivity contribution is -0.142. The molecule has 94 valence electrons. The van der Waals surface area contributed by atoms with Crippen molar-refractivity contribution in [2.75, 3.05) is 18.2 Å². The molecule has 0 aliphatic heterocycles. The van der Waals surface area contributed by atoms with Crippen molar-refractivity contribution >= 4 is 17.5 Å². The van der Waals surface area contributed by atoms with Crippen molar-refractivity contribution in [2.45, 2.75) is 26.8 Å². The fraction of sp³-hybridized carbons (Fsp3) is 0.500. The van der Waals surface area contributed by atoms with Crippen LogP contribution in [0.2, 0.25) is 0 Å². The molecular formula is C12H19N3O2. The molecule has 0 saturated carbocycles. The maximum Gasteiger partial charge on any atom is 0.328 e. The van der Waals surface area contributed by atoms with Crippen LogP contribution in [0.25, 0.3) is 0 Å². The predicted octanol–water partition coefficient (Wildman–Crippen LogP) is 1.58. The number of carbonyl (C=O) groups is 1. The maximum absolute atomic E-state index is 11.6. The van der Waals surface area contributed by atoms with Gasteiger partial charge in [0.25, 0.3) is 0 Å². The molecule has 0 radical (unpaired) electrons. The molecule has 1 rings (SSSR count). The summed E-state index contributed by atoms with van der Waals surface area (Å²) in [5.41, 5.74) is 7.34. The largest absolute Gasteiger partial charge is 0.467 e. The lowest BCUT2D eigenvalue weighted by Gasteiger charge is -2.20. The SMILES string of the molecule is COC(=O)C(Nc1cc(N)c(C)cn1)C(C)C. The molecule has 5 heteroatoms. The van der Waals surface area contributed by atoms with Gasteiger partial charge in [-0.2, -0.15) is 0 Å². The van der Waals surface area contributed by atoms with Gasteiger partial charge in [-0.1, -0.05) is 13.8 Å². The molecule has 0 amide bonds. The first kappa shape index (κ1) is 13.3. The molecule has 1 aromatic heterocycles.